The molecule has 0 atom stereocenters. The van der Waals surface area contributed by atoms with Gasteiger partial charge in [0.2, 0.25) is 5.91 Å². The van der Waals surface area contributed by atoms with Gasteiger partial charge in [0, 0.05) is 18.7 Å². The summed E-state index contributed by atoms with van der Waals surface area (Å²) in [4.78, 5) is 12.1. The van der Waals surface area contributed by atoms with Gasteiger partial charge in [-0.05, 0) is 48.9 Å². The van der Waals surface area contributed by atoms with Gasteiger partial charge < -0.3 is 14.8 Å². The van der Waals surface area contributed by atoms with Gasteiger partial charge in [0.25, 0.3) is 0 Å². The Morgan fingerprint density at radius 2 is 1.97 bits per heavy atom. The van der Waals surface area contributed by atoms with E-state index in [-0.39, 0.29) is 5.91 Å². The molecule has 0 saturated carbocycles. The highest BCUT2D eigenvalue weighted by Gasteiger charge is 2.06. The largest absolute Gasteiger partial charge is 0.496 e. The summed E-state index contributed by atoms with van der Waals surface area (Å²) < 4.78 is 13.0. The monoisotopic (exact) mass is 391 g/mol. The summed E-state index contributed by atoms with van der Waals surface area (Å²) in [6.45, 7) is 2.73. The minimum Gasteiger partial charge on any atom is -0.496 e. The number of hydrogen-bond donors (Lipinski definition) is 1. The van der Waals surface area contributed by atoms with Crippen LogP contribution in [0.1, 0.15) is 22.5 Å². The molecule has 0 aliphatic heterocycles. The van der Waals surface area contributed by atoms with Crippen molar-refractivity contribution >= 4 is 12.0 Å². The van der Waals surface area contributed by atoms with Crippen LogP contribution in [0.25, 0.3) is 6.08 Å². The van der Waals surface area contributed by atoms with Crippen LogP contribution in [0.4, 0.5) is 0 Å². The van der Waals surface area contributed by atoms with Gasteiger partial charge >= 0.3 is 0 Å². The predicted octanol–water partition coefficient (Wildman–Crippen LogP) is 3.65. The zero-order chi connectivity index (χ0) is 20.6. The average molecular weight is 391 g/mol. The minimum atomic E-state index is -0.165. The Morgan fingerprint density at radius 3 is 2.66 bits per heavy atom. The molecule has 1 heterocycles. The maximum absolute atomic E-state index is 12.1. The molecule has 0 spiro atoms. The third-order valence-corrected chi connectivity index (χ3v) is 4.41. The van der Waals surface area contributed by atoms with Crippen molar-refractivity contribution in [1.29, 1.82) is 0 Å². The van der Waals surface area contributed by atoms with E-state index in [2.05, 4.69) is 10.4 Å². The van der Waals surface area contributed by atoms with Crippen molar-refractivity contribution < 1.29 is 14.3 Å². The molecule has 0 saturated heterocycles. The highest BCUT2D eigenvalue weighted by molar-refractivity contribution is 5.91. The number of amides is 1. The van der Waals surface area contributed by atoms with E-state index in [1.165, 1.54) is 6.08 Å². The van der Waals surface area contributed by atoms with E-state index in [9.17, 15) is 4.79 Å². The number of hydrogen-bond acceptors (Lipinski definition) is 4. The summed E-state index contributed by atoms with van der Waals surface area (Å²) in [6, 6.07) is 17.3. The van der Waals surface area contributed by atoms with Crippen molar-refractivity contribution in [3.8, 4) is 11.5 Å². The summed E-state index contributed by atoms with van der Waals surface area (Å²) in [5.74, 6) is 1.37. The zero-order valence-corrected chi connectivity index (χ0v) is 16.9. The van der Waals surface area contributed by atoms with E-state index in [0.29, 0.717) is 13.2 Å². The molecule has 1 amide bonds. The smallest absolute Gasteiger partial charge is 0.244 e. The molecule has 1 N–H and O–H groups in total. The first-order valence-electron chi connectivity index (χ1n) is 9.35. The maximum Gasteiger partial charge on any atom is 0.244 e. The fraction of sp³-hybridized carbons (Fsp3) is 0.217. The SMILES string of the molecule is COc1ccc(/C=C/C(=O)NCc2cc(C)nn2C)cc1COc1ccccc1. The summed E-state index contributed by atoms with van der Waals surface area (Å²) in [7, 11) is 3.49. The fourth-order valence-electron chi connectivity index (χ4n) is 2.93. The Labute approximate surface area is 170 Å². The van der Waals surface area contributed by atoms with Crippen molar-refractivity contribution in [2.45, 2.75) is 20.1 Å². The number of nitrogens with zero attached hydrogens (tertiary/aromatic N) is 2. The molecule has 1 aromatic heterocycles. The van der Waals surface area contributed by atoms with Crippen LogP contribution < -0.4 is 14.8 Å². The number of nitrogens with one attached hydrogen (secondary N) is 1. The third kappa shape index (κ3) is 5.72. The molecule has 0 aliphatic carbocycles. The van der Waals surface area contributed by atoms with Crippen molar-refractivity contribution in [3.05, 3.63) is 83.2 Å². The fourth-order valence-corrected chi connectivity index (χ4v) is 2.93. The molecular weight excluding hydrogens is 366 g/mol. The minimum absolute atomic E-state index is 0.165. The van der Waals surface area contributed by atoms with E-state index >= 15 is 0 Å². The lowest BCUT2D eigenvalue weighted by Gasteiger charge is -2.11. The second-order valence-electron chi connectivity index (χ2n) is 6.62. The summed E-state index contributed by atoms with van der Waals surface area (Å²) in [5.41, 5.74) is 3.68. The van der Waals surface area contributed by atoms with Crippen LogP contribution in [0.15, 0.2) is 60.7 Å². The number of ether oxygens (including phenoxy) is 2. The summed E-state index contributed by atoms with van der Waals surface area (Å²) in [5, 5.41) is 7.14. The van der Waals surface area contributed by atoms with Gasteiger partial charge in [0.15, 0.2) is 0 Å². The molecule has 6 heteroatoms. The van der Waals surface area contributed by atoms with Gasteiger partial charge in [0.1, 0.15) is 18.1 Å². The number of methoxy groups -OCH3 is 1. The van der Waals surface area contributed by atoms with Crippen LogP contribution in [0.5, 0.6) is 11.5 Å². The molecule has 0 bridgehead atoms. The Balaban J connectivity index is 1.62. The molecule has 0 unspecified atom stereocenters. The predicted molar refractivity (Wildman–Crippen MR) is 113 cm³/mol. The van der Waals surface area contributed by atoms with Gasteiger partial charge in [-0.3, -0.25) is 9.48 Å². The van der Waals surface area contributed by atoms with Gasteiger partial charge in [-0.2, -0.15) is 5.10 Å². The Hall–Kier alpha value is -3.54. The van der Waals surface area contributed by atoms with E-state index in [4.69, 9.17) is 9.47 Å². The first-order valence-corrected chi connectivity index (χ1v) is 9.35. The van der Waals surface area contributed by atoms with Gasteiger partial charge in [-0.15, -0.1) is 0 Å². The quantitative estimate of drug-likeness (QED) is 0.596. The average Bonchev–Trinajstić information content (AvgIpc) is 3.06. The second-order valence-corrected chi connectivity index (χ2v) is 6.62. The molecular formula is C23H25N3O3. The Kier molecular flexibility index (Phi) is 6.68. The van der Waals surface area contributed by atoms with E-state index in [1.54, 1.807) is 17.9 Å². The number of carbonyl (C=O) groups is 1. The Morgan fingerprint density at radius 1 is 1.17 bits per heavy atom. The van der Waals surface area contributed by atoms with Crippen LogP contribution in [-0.2, 0) is 25.0 Å². The first-order chi connectivity index (χ1) is 14.0. The van der Waals surface area contributed by atoms with E-state index in [1.807, 2.05) is 68.6 Å². The van der Waals surface area contributed by atoms with E-state index < -0.39 is 0 Å². The van der Waals surface area contributed by atoms with Crippen LogP contribution in [-0.4, -0.2) is 22.8 Å². The normalized spacial score (nSPS) is 10.9. The lowest BCUT2D eigenvalue weighted by molar-refractivity contribution is -0.116. The van der Waals surface area contributed by atoms with Gasteiger partial charge in [-0.1, -0.05) is 24.3 Å². The molecule has 0 radical (unpaired) electrons. The molecule has 0 aliphatic rings. The lowest BCUT2D eigenvalue weighted by atomic mass is 10.1. The molecule has 3 aromatic rings. The highest BCUT2D eigenvalue weighted by Crippen LogP contribution is 2.22. The van der Waals surface area contributed by atoms with Crippen LogP contribution in [0, 0.1) is 6.92 Å². The lowest BCUT2D eigenvalue weighted by Crippen LogP contribution is -2.21. The summed E-state index contributed by atoms with van der Waals surface area (Å²) in [6.07, 6.45) is 3.29. The Bertz CT molecular complexity index is 994. The van der Waals surface area contributed by atoms with Gasteiger partial charge in [0.05, 0.1) is 25.0 Å². The van der Waals surface area contributed by atoms with Crippen LogP contribution >= 0.6 is 0 Å². The van der Waals surface area contributed by atoms with E-state index in [0.717, 1.165) is 34.0 Å². The molecule has 150 valence electrons. The zero-order valence-electron chi connectivity index (χ0n) is 16.9. The summed E-state index contributed by atoms with van der Waals surface area (Å²) >= 11 is 0. The molecule has 6 nitrogen and oxygen atoms in total. The number of para-hydroxylation sites is 1. The number of aryl methyl sites for hydroxylation is 2. The highest BCUT2D eigenvalue weighted by atomic mass is 16.5. The van der Waals surface area contributed by atoms with Crippen LogP contribution in [0.2, 0.25) is 0 Å². The number of aromatic nitrogens is 2. The van der Waals surface area contributed by atoms with Gasteiger partial charge in [-0.25, -0.2) is 0 Å². The molecule has 2 aromatic carbocycles. The van der Waals surface area contributed by atoms with Crippen molar-refractivity contribution in [2.75, 3.05) is 7.11 Å². The maximum atomic E-state index is 12.1. The van der Waals surface area contributed by atoms with Crippen molar-refractivity contribution in [2.24, 2.45) is 7.05 Å². The second kappa shape index (κ2) is 9.59. The first kappa shape index (κ1) is 20.2. The molecule has 3 rings (SSSR count). The number of benzene rings is 2. The molecule has 29 heavy (non-hydrogen) atoms. The topological polar surface area (TPSA) is 65.4 Å². The third-order valence-electron chi connectivity index (χ3n) is 4.41. The number of rotatable bonds is 8. The number of carbonyl (C=O) groups excluding carboxylic acids is 1. The standard InChI is InChI=1S/C23H25N3O3/c1-17-13-20(26(2)25-17)15-24-23(27)12-10-18-9-11-22(28-3)19(14-18)16-29-21-7-5-4-6-8-21/h4-14H,15-16H2,1-3H3,(H,24,27)/b12-10+. The van der Waals surface area contributed by atoms with Crippen molar-refractivity contribution in [3.63, 3.8) is 0 Å². The molecule has 0 fully saturated rings. The van der Waals surface area contributed by atoms with Crippen molar-refractivity contribution in [1.82, 2.24) is 15.1 Å². The van der Waals surface area contributed by atoms with Crippen LogP contribution in [0.3, 0.4) is 0 Å².